The Kier molecular flexibility index (Phi) is 18.4. The number of carbonyl (C=O) groups excluding carboxylic acids is 3. The smallest absolute Gasteiger partial charge is 0.870 e. The second kappa shape index (κ2) is 24.8. The molecule has 0 saturated carbocycles. The van der Waals surface area contributed by atoms with Crippen molar-refractivity contribution < 1.29 is 67.7 Å². The van der Waals surface area contributed by atoms with Gasteiger partial charge < -0.3 is 39.4 Å². The first-order valence-electron chi connectivity index (χ1n) is 22.9. The van der Waals surface area contributed by atoms with Crippen molar-refractivity contribution in [3.05, 3.63) is 228 Å². The minimum Gasteiger partial charge on any atom is -0.870 e. The fourth-order valence-corrected chi connectivity index (χ4v) is 9.40. The number of nitrogens with zero attached hydrogens (tertiary/aromatic N) is 4. The summed E-state index contributed by atoms with van der Waals surface area (Å²) in [5.41, 5.74) is 5.23. The van der Waals surface area contributed by atoms with Gasteiger partial charge in [-0.15, -0.1) is 0 Å². The maximum absolute atomic E-state index is 14.0. The molecule has 0 unspecified atom stereocenters. The SMILES string of the molecule is COC(=O)[C@@H]1C[C@H](c2ncc(-c3ccccc3)o2)CN1C(=O)C(c1ccccc1)c1ccccc1.O.O=C(O)[C@@H]1C[C@H](c2ncc(-c3ccccc3)o2)CN1C(=O)C(c1ccccc1)c1ccccc1.[Li+].[OH-]. The van der Waals surface area contributed by atoms with Crippen molar-refractivity contribution in [2.45, 2.75) is 48.6 Å². The van der Waals surface area contributed by atoms with Crippen molar-refractivity contribution in [3.63, 3.8) is 0 Å². The Labute approximate surface area is 429 Å². The zero-order chi connectivity index (χ0) is 47.7. The Hall–Kier alpha value is -7.86. The second-order valence-electron chi connectivity index (χ2n) is 17.1. The Balaban J connectivity index is 0.000000226. The van der Waals surface area contributed by atoms with Crippen molar-refractivity contribution in [3.8, 4) is 22.6 Å². The molecule has 8 aromatic rings. The standard InChI is InChI=1S/C29H26N2O4.C28H24N2O4.Li.2H2O/c1-34-29(33)24-17-23(27-30-18-25(35-27)20-11-5-2-6-12-20)19-31(24)28(32)26(21-13-7-3-8-14-21)22-15-9-4-10-16-22;31-27(25(20-12-6-2-7-13-20)21-14-8-3-9-15-21)30-18-22(16-23(30)28(32)33)26-29-17-24(34-26)19-10-4-1-5-11-19;;;/h2-16,18,23-24,26H,17,19H2,1H3;1-15,17,22-23,25H,16,18H2,(H,32,33);;2*1H2/q;;+1;;/p-1/t23-,24-;22-,23-;;;/m00.../s1. The molecular weight excluding hydrogens is 908 g/mol. The summed E-state index contributed by atoms with van der Waals surface area (Å²) in [4.78, 5) is 64.9. The molecule has 4 heterocycles. The van der Waals surface area contributed by atoms with Gasteiger partial charge in [0.2, 0.25) is 11.8 Å². The van der Waals surface area contributed by atoms with Gasteiger partial charge in [0.05, 0.1) is 43.2 Å². The molecule has 2 aromatic heterocycles. The molecule has 14 nitrogen and oxygen atoms in total. The fourth-order valence-electron chi connectivity index (χ4n) is 9.40. The number of esters is 1. The summed E-state index contributed by atoms with van der Waals surface area (Å²) < 4.78 is 17.2. The topological polar surface area (TPSA) is 218 Å². The van der Waals surface area contributed by atoms with E-state index >= 15 is 0 Å². The minimum atomic E-state index is -1.02. The third kappa shape index (κ3) is 11.8. The van der Waals surface area contributed by atoms with E-state index in [0.717, 1.165) is 33.4 Å². The molecule has 6 aromatic carbocycles. The van der Waals surface area contributed by atoms with Crippen LogP contribution in [0.25, 0.3) is 22.6 Å². The summed E-state index contributed by atoms with van der Waals surface area (Å²) >= 11 is 0. The summed E-state index contributed by atoms with van der Waals surface area (Å²) in [6.07, 6.45) is 4.00. The molecular formula is C57H53LiN4O10. The van der Waals surface area contributed by atoms with E-state index in [-0.39, 0.29) is 66.4 Å². The third-order valence-electron chi connectivity index (χ3n) is 12.8. The normalized spacial score (nSPS) is 16.9. The molecule has 4 N–H and O–H groups in total. The molecule has 2 aliphatic rings. The fraction of sp³-hybridized carbons (Fsp3) is 0.193. The van der Waals surface area contributed by atoms with E-state index < -0.39 is 35.9 Å². The van der Waals surface area contributed by atoms with E-state index in [9.17, 15) is 24.3 Å². The number of methoxy groups -OCH3 is 1. The number of ether oxygens (including phenoxy) is 1. The molecule has 2 saturated heterocycles. The third-order valence-corrected chi connectivity index (χ3v) is 12.8. The average Bonchev–Trinajstić information content (AvgIpc) is 4.25. The molecule has 0 bridgehead atoms. The van der Waals surface area contributed by atoms with Crippen LogP contribution in [0.15, 0.2) is 203 Å². The molecule has 15 heteroatoms. The molecule has 2 amide bonds. The monoisotopic (exact) mass is 960 g/mol. The van der Waals surface area contributed by atoms with Crippen molar-refractivity contribution in [2.75, 3.05) is 20.2 Å². The largest absolute Gasteiger partial charge is 1.00 e. The van der Waals surface area contributed by atoms with E-state index in [1.807, 2.05) is 182 Å². The number of hydrogen-bond donors (Lipinski definition) is 1. The molecule has 72 heavy (non-hydrogen) atoms. The van der Waals surface area contributed by atoms with E-state index in [1.54, 1.807) is 17.3 Å². The number of carboxylic acid groups (broad SMARTS) is 1. The molecule has 0 spiro atoms. The maximum atomic E-state index is 14.0. The van der Waals surface area contributed by atoms with Gasteiger partial charge in [-0.25, -0.2) is 19.6 Å². The summed E-state index contributed by atoms with van der Waals surface area (Å²) in [6.45, 7) is 0.560. The van der Waals surface area contributed by atoms with Crippen molar-refractivity contribution in [1.82, 2.24) is 19.8 Å². The Morgan fingerprint density at radius 2 is 0.833 bits per heavy atom. The number of oxazole rings is 2. The van der Waals surface area contributed by atoms with Gasteiger partial charge in [-0.3, -0.25) is 9.59 Å². The van der Waals surface area contributed by atoms with Gasteiger partial charge >= 0.3 is 30.8 Å². The number of likely N-dealkylation sites (tertiary alicyclic amines) is 2. The van der Waals surface area contributed by atoms with Gasteiger partial charge in [0.1, 0.15) is 12.1 Å². The van der Waals surface area contributed by atoms with Gasteiger partial charge in [-0.2, -0.15) is 0 Å². The number of carboxylic acids is 1. The van der Waals surface area contributed by atoms with Crippen LogP contribution in [0.4, 0.5) is 0 Å². The first-order valence-corrected chi connectivity index (χ1v) is 22.9. The van der Waals surface area contributed by atoms with Crippen LogP contribution in [0.3, 0.4) is 0 Å². The number of amides is 2. The maximum Gasteiger partial charge on any atom is 1.00 e. The predicted octanol–water partition coefficient (Wildman–Crippen LogP) is 5.98. The molecule has 2 fully saturated rings. The number of aliphatic carboxylic acids is 1. The summed E-state index contributed by atoms with van der Waals surface area (Å²) in [5.74, 6) is -1.22. The van der Waals surface area contributed by atoms with E-state index in [4.69, 9.17) is 13.6 Å². The van der Waals surface area contributed by atoms with Crippen LogP contribution in [0.1, 0.15) is 70.5 Å². The van der Waals surface area contributed by atoms with Gasteiger partial charge in [0, 0.05) is 24.2 Å². The zero-order valence-electron chi connectivity index (χ0n) is 39.8. The van der Waals surface area contributed by atoms with Crippen molar-refractivity contribution >= 4 is 23.8 Å². The Bertz CT molecular complexity index is 2900. The van der Waals surface area contributed by atoms with Crippen LogP contribution in [0.5, 0.6) is 0 Å². The molecule has 4 atom stereocenters. The molecule has 2 aliphatic heterocycles. The van der Waals surface area contributed by atoms with Crippen LogP contribution in [-0.2, 0) is 23.9 Å². The van der Waals surface area contributed by atoms with Crippen molar-refractivity contribution in [2.24, 2.45) is 0 Å². The second-order valence-corrected chi connectivity index (χ2v) is 17.1. The van der Waals surface area contributed by atoms with Crippen LogP contribution in [0.2, 0.25) is 0 Å². The van der Waals surface area contributed by atoms with Crippen LogP contribution in [-0.4, -0.2) is 91.9 Å². The Morgan fingerprint density at radius 3 is 1.15 bits per heavy atom. The number of rotatable bonds is 12. The van der Waals surface area contributed by atoms with Crippen LogP contribution in [0, 0.1) is 0 Å². The first-order chi connectivity index (χ1) is 33.8. The summed E-state index contributed by atoms with van der Waals surface area (Å²) in [5, 5.41) is 9.96. The zero-order valence-corrected chi connectivity index (χ0v) is 39.8. The van der Waals surface area contributed by atoms with Crippen LogP contribution < -0.4 is 18.9 Å². The van der Waals surface area contributed by atoms with Gasteiger partial charge in [-0.1, -0.05) is 182 Å². The summed E-state index contributed by atoms with van der Waals surface area (Å²) in [6, 6.07) is 55.9. The molecule has 362 valence electrons. The van der Waals surface area contributed by atoms with E-state index in [2.05, 4.69) is 9.97 Å². The van der Waals surface area contributed by atoms with Gasteiger partial charge in [0.15, 0.2) is 23.3 Å². The van der Waals surface area contributed by atoms with Crippen LogP contribution >= 0.6 is 0 Å². The van der Waals surface area contributed by atoms with Crippen molar-refractivity contribution in [1.29, 1.82) is 0 Å². The average molecular weight is 961 g/mol. The molecule has 0 radical (unpaired) electrons. The van der Waals surface area contributed by atoms with Gasteiger partial charge in [-0.05, 0) is 35.1 Å². The number of hydrogen-bond acceptors (Lipinski definition) is 10. The summed E-state index contributed by atoms with van der Waals surface area (Å²) in [7, 11) is 1.35. The van der Waals surface area contributed by atoms with Gasteiger partial charge in [0.25, 0.3) is 0 Å². The molecule has 0 aliphatic carbocycles. The number of aromatic nitrogens is 2. The molecule has 10 rings (SSSR count). The predicted molar refractivity (Wildman–Crippen MR) is 264 cm³/mol. The quantitative estimate of drug-likeness (QED) is 0.111. The number of benzene rings is 6. The Morgan fingerprint density at radius 1 is 0.528 bits per heavy atom. The minimum absolute atomic E-state index is 0. The van der Waals surface area contributed by atoms with E-state index in [1.165, 1.54) is 12.0 Å². The first kappa shape index (κ1) is 53.5. The van der Waals surface area contributed by atoms with E-state index in [0.29, 0.717) is 36.3 Å². The number of carbonyl (C=O) groups is 4.